The van der Waals surface area contributed by atoms with Crippen LogP contribution in [0.4, 0.5) is 0 Å². The Morgan fingerprint density at radius 1 is 1.38 bits per heavy atom. The standard InChI is InChI=1S/C13H14N2O/c16-9-10-8-15(11-5-6-14-7-11)13-4-2-1-3-12(10)13/h1-4,8-9,11,14H,5-7H2. The van der Waals surface area contributed by atoms with Crippen LogP contribution in [0.5, 0.6) is 0 Å². The molecule has 1 aromatic carbocycles. The van der Waals surface area contributed by atoms with Crippen molar-refractivity contribution in [2.24, 2.45) is 0 Å². The van der Waals surface area contributed by atoms with Crippen molar-refractivity contribution in [1.82, 2.24) is 9.88 Å². The van der Waals surface area contributed by atoms with E-state index in [0.717, 1.165) is 36.7 Å². The van der Waals surface area contributed by atoms with E-state index in [2.05, 4.69) is 16.0 Å². The van der Waals surface area contributed by atoms with Crippen LogP contribution in [0.15, 0.2) is 30.5 Å². The molecule has 0 saturated carbocycles. The van der Waals surface area contributed by atoms with E-state index in [1.165, 1.54) is 5.52 Å². The van der Waals surface area contributed by atoms with Crippen LogP contribution in [0.25, 0.3) is 10.9 Å². The molecule has 2 aromatic rings. The van der Waals surface area contributed by atoms with Gasteiger partial charge in [-0.2, -0.15) is 0 Å². The van der Waals surface area contributed by atoms with Gasteiger partial charge in [-0.3, -0.25) is 4.79 Å². The van der Waals surface area contributed by atoms with Crippen molar-refractivity contribution in [2.45, 2.75) is 12.5 Å². The van der Waals surface area contributed by atoms with E-state index in [-0.39, 0.29) is 0 Å². The molecular formula is C13H14N2O. The number of hydrogen-bond acceptors (Lipinski definition) is 2. The lowest BCUT2D eigenvalue weighted by atomic mass is 10.2. The number of para-hydroxylation sites is 1. The van der Waals surface area contributed by atoms with Gasteiger partial charge in [-0.15, -0.1) is 0 Å². The van der Waals surface area contributed by atoms with E-state index in [9.17, 15) is 4.79 Å². The highest BCUT2D eigenvalue weighted by atomic mass is 16.1. The predicted molar refractivity (Wildman–Crippen MR) is 63.8 cm³/mol. The molecule has 0 radical (unpaired) electrons. The highest BCUT2D eigenvalue weighted by Gasteiger charge is 2.19. The smallest absolute Gasteiger partial charge is 0.152 e. The lowest BCUT2D eigenvalue weighted by Crippen LogP contribution is -2.12. The van der Waals surface area contributed by atoms with Gasteiger partial charge in [0.1, 0.15) is 0 Å². The summed E-state index contributed by atoms with van der Waals surface area (Å²) in [5.41, 5.74) is 1.96. The van der Waals surface area contributed by atoms with Gasteiger partial charge in [0, 0.05) is 35.2 Å². The van der Waals surface area contributed by atoms with Gasteiger partial charge in [-0.1, -0.05) is 18.2 Å². The minimum absolute atomic E-state index is 0.485. The lowest BCUT2D eigenvalue weighted by molar-refractivity contribution is 0.112. The van der Waals surface area contributed by atoms with Crippen LogP contribution in [-0.2, 0) is 0 Å². The molecule has 0 amide bonds. The average molecular weight is 214 g/mol. The largest absolute Gasteiger partial charge is 0.342 e. The number of carbonyl (C=O) groups is 1. The number of nitrogens with zero attached hydrogens (tertiary/aromatic N) is 1. The van der Waals surface area contributed by atoms with E-state index < -0.39 is 0 Å². The summed E-state index contributed by atoms with van der Waals surface area (Å²) in [7, 11) is 0. The van der Waals surface area contributed by atoms with E-state index in [1.54, 1.807) is 0 Å². The number of nitrogens with one attached hydrogen (secondary N) is 1. The van der Waals surface area contributed by atoms with Crippen LogP contribution >= 0.6 is 0 Å². The maximum absolute atomic E-state index is 11.0. The summed E-state index contributed by atoms with van der Waals surface area (Å²) in [6.07, 6.45) is 4.06. The minimum Gasteiger partial charge on any atom is -0.342 e. The van der Waals surface area contributed by atoms with Crippen molar-refractivity contribution in [3.8, 4) is 0 Å². The third-order valence-corrected chi connectivity index (χ3v) is 3.33. The molecule has 0 aliphatic carbocycles. The highest BCUT2D eigenvalue weighted by Crippen LogP contribution is 2.26. The van der Waals surface area contributed by atoms with E-state index in [1.807, 2.05) is 24.4 Å². The molecule has 1 fully saturated rings. The van der Waals surface area contributed by atoms with Gasteiger partial charge in [-0.05, 0) is 19.0 Å². The van der Waals surface area contributed by atoms with E-state index in [4.69, 9.17) is 0 Å². The fourth-order valence-corrected chi connectivity index (χ4v) is 2.50. The van der Waals surface area contributed by atoms with Crippen molar-refractivity contribution in [2.75, 3.05) is 13.1 Å². The van der Waals surface area contributed by atoms with Gasteiger partial charge in [0.2, 0.25) is 0 Å². The zero-order chi connectivity index (χ0) is 11.0. The Kier molecular flexibility index (Phi) is 2.26. The molecule has 1 aliphatic rings. The monoisotopic (exact) mass is 214 g/mol. The minimum atomic E-state index is 0.485. The molecule has 0 bridgehead atoms. The molecule has 3 rings (SSSR count). The second kappa shape index (κ2) is 3.76. The average Bonchev–Trinajstić information content (AvgIpc) is 2.95. The molecule has 16 heavy (non-hydrogen) atoms. The quantitative estimate of drug-likeness (QED) is 0.776. The Morgan fingerprint density at radius 2 is 2.25 bits per heavy atom. The van der Waals surface area contributed by atoms with Crippen molar-refractivity contribution in [1.29, 1.82) is 0 Å². The molecular weight excluding hydrogens is 200 g/mol. The summed E-state index contributed by atoms with van der Waals surface area (Å²) in [6.45, 7) is 2.06. The molecule has 3 heteroatoms. The number of fused-ring (bicyclic) bond motifs is 1. The van der Waals surface area contributed by atoms with Gasteiger partial charge >= 0.3 is 0 Å². The van der Waals surface area contributed by atoms with E-state index >= 15 is 0 Å². The number of hydrogen-bond donors (Lipinski definition) is 1. The Morgan fingerprint density at radius 3 is 3.00 bits per heavy atom. The zero-order valence-corrected chi connectivity index (χ0v) is 9.02. The number of benzene rings is 1. The fourth-order valence-electron chi connectivity index (χ4n) is 2.50. The number of aromatic nitrogens is 1. The van der Waals surface area contributed by atoms with Gasteiger partial charge in [0.15, 0.2) is 6.29 Å². The van der Waals surface area contributed by atoms with Crippen LogP contribution in [0.1, 0.15) is 22.8 Å². The molecule has 0 spiro atoms. The second-order valence-corrected chi connectivity index (χ2v) is 4.27. The summed E-state index contributed by atoms with van der Waals surface area (Å²) in [5, 5.41) is 4.41. The Labute approximate surface area is 94.1 Å². The van der Waals surface area contributed by atoms with Crippen molar-refractivity contribution < 1.29 is 4.79 Å². The molecule has 3 nitrogen and oxygen atoms in total. The number of aldehydes is 1. The van der Waals surface area contributed by atoms with Crippen LogP contribution in [0, 0.1) is 0 Å². The molecule has 2 heterocycles. The summed E-state index contributed by atoms with van der Waals surface area (Å²) in [5.74, 6) is 0. The summed E-state index contributed by atoms with van der Waals surface area (Å²) >= 11 is 0. The fraction of sp³-hybridized carbons (Fsp3) is 0.308. The maximum Gasteiger partial charge on any atom is 0.152 e. The Balaban J connectivity index is 2.20. The third-order valence-electron chi connectivity index (χ3n) is 3.33. The van der Waals surface area contributed by atoms with Crippen LogP contribution < -0.4 is 5.32 Å². The van der Waals surface area contributed by atoms with Crippen molar-refractivity contribution in [3.05, 3.63) is 36.0 Å². The zero-order valence-electron chi connectivity index (χ0n) is 9.02. The normalized spacial score (nSPS) is 20.4. The first-order valence-corrected chi connectivity index (χ1v) is 5.65. The molecule has 1 atom stereocenters. The van der Waals surface area contributed by atoms with Gasteiger partial charge in [0.25, 0.3) is 0 Å². The molecule has 1 aliphatic heterocycles. The molecule has 82 valence electrons. The van der Waals surface area contributed by atoms with Crippen LogP contribution in [0.3, 0.4) is 0 Å². The first-order valence-electron chi connectivity index (χ1n) is 5.65. The summed E-state index contributed by atoms with van der Waals surface area (Å²) in [6, 6.07) is 8.58. The number of carbonyl (C=O) groups excluding carboxylic acids is 1. The molecule has 1 aromatic heterocycles. The van der Waals surface area contributed by atoms with Crippen molar-refractivity contribution >= 4 is 17.2 Å². The second-order valence-electron chi connectivity index (χ2n) is 4.27. The maximum atomic E-state index is 11.0. The van der Waals surface area contributed by atoms with Crippen LogP contribution in [0.2, 0.25) is 0 Å². The first-order chi connectivity index (χ1) is 7.90. The van der Waals surface area contributed by atoms with Gasteiger partial charge in [-0.25, -0.2) is 0 Å². The topological polar surface area (TPSA) is 34.0 Å². The van der Waals surface area contributed by atoms with Gasteiger partial charge in [0.05, 0.1) is 0 Å². The predicted octanol–water partition coefficient (Wildman–Crippen LogP) is 1.99. The lowest BCUT2D eigenvalue weighted by Gasteiger charge is -2.12. The summed E-state index contributed by atoms with van der Waals surface area (Å²) < 4.78 is 2.24. The first kappa shape index (κ1) is 9.60. The Hall–Kier alpha value is -1.61. The Bertz CT molecular complexity index is 524. The van der Waals surface area contributed by atoms with Crippen molar-refractivity contribution in [3.63, 3.8) is 0 Å². The summed E-state index contributed by atoms with van der Waals surface area (Å²) in [4.78, 5) is 11.0. The molecule has 1 saturated heterocycles. The molecule has 1 unspecified atom stereocenters. The number of rotatable bonds is 2. The third kappa shape index (κ3) is 1.36. The SMILES string of the molecule is O=Cc1cn(C2CCNC2)c2ccccc12. The van der Waals surface area contributed by atoms with Crippen LogP contribution in [-0.4, -0.2) is 23.9 Å². The van der Waals surface area contributed by atoms with Gasteiger partial charge < -0.3 is 9.88 Å². The van der Waals surface area contributed by atoms with E-state index in [0.29, 0.717) is 6.04 Å². The highest BCUT2D eigenvalue weighted by molar-refractivity contribution is 5.97. The molecule has 1 N–H and O–H groups in total.